The fraction of sp³-hybridized carbons (Fsp3) is 0.500. The topological polar surface area (TPSA) is 38.5 Å². The SMILES string of the molecule is CCOc1ccccc1CN1CCCC1c1cc(CC)no1. The van der Waals surface area contributed by atoms with Crippen molar-refractivity contribution in [3.05, 3.63) is 47.3 Å². The lowest BCUT2D eigenvalue weighted by molar-refractivity contribution is 0.203. The Kier molecular flexibility index (Phi) is 4.78. The monoisotopic (exact) mass is 300 g/mol. The van der Waals surface area contributed by atoms with Gasteiger partial charge >= 0.3 is 0 Å². The quantitative estimate of drug-likeness (QED) is 0.809. The van der Waals surface area contributed by atoms with Gasteiger partial charge in [-0.1, -0.05) is 30.3 Å². The van der Waals surface area contributed by atoms with Gasteiger partial charge in [0.2, 0.25) is 0 Å². The Hall–Kier alpha value is -1.81. The van der Waals surface area contributed by atoms with Crippen LogP contribution in [0.4, 0.5) is 0 Å². The maximum Gasteiger partial charge on any atom is 0.154 e. The first-order valence-electron chi connectivity index (χ1n) is 8.22. The number of likely N-dealkylation sites (tertiary alicyclic amines) is 1. The molecule has 3 rings (SSSR count). The number of ether oxygens (including phenoxy) is 1. The minimum Gasteiger partial charge on any atom is -0.494 e. The van der Waals surface area contributed by atoms with Crippen LogP contribution >= 0.6 is 0 Å². The van der Waals surface area contributed by atoms with Crippen LogP contribution in [0.1, 0.15) is 49.7 Å². The number of rotatable bonds is 6. The summed E-state index contributed by atoms with van der Waals surface area (Å²) in [6.07, 6.45) is 3.25. The largest absolute Gasteiger partial charge is 0.494 e. The molecule has 1 fully saturated rings. The van der Waals surface area contributed by atoms with Crippen LogP contribution in [-0.4, -0.2) is 23.2 Å². The van der Waals surface area contributed by atoms with Crippen molar-refractivity contribution in [2.24, 2.45) is 0 Å². The molecule has 4 heteroatoms. The van der Waals surface area contributed by atoms with E-state index in [0.717, 1.165) is 43.1 Å². The van der Waals surface area contributed by atoms with Crippen molar-refractivity contribution in [2.75, 3.05) is 13.2 Å². The second kappa shape index (κ2) is 6.97. The van der Waals surface area contributed by atoms with Crippen molar-refractivity contribution in [3.63, 3.8) is 0 Å². The molecule has 118 valence electrons. The van der Waals surface area contributed by atoms with E-state index in [2.05, 4.69) is 35.2 Å². The minimum atomic E-state index is 0.336. The molecule has 4 nitrogen and oxygen atoms in total. The van der Waals surface area contributed by atoms with Crippen molar-refractivity contribution in [1.29, 1.82) is 0 Å². The fourth-order valence-corrected chi connectivity index (χ4v) is 3.14. The van der Waals surface area contributed by atoms with E-state index in [1.807, 2.05) is 19.1 Å². The third kappa shape index (κ3) is 3.17. The van der Waals surface area contributed by atoms with E-state index in [-0.39, 0.29) is 0 Å². The Morgan fingerprint density at radius 3 is 2.95 bits per heavy atom. The molecule has 0 bridgehead atoms. The summed E-state index contributed by atoms with van der Waals surface area (Å²) in [7, 11) is 0. The number of nitrogens with zero attached hydrogens (tertiary/aromatic N) is 2. The van der Waals surface area contributed by atoms with E-state index < -0.39 is 0 Å². The van der Waals surface area contributed by atoms with Crippen molar-refractivity contribution in [1.82, 2.24) is 10.1 Å². The molecule has 0 spiro atoms. The highest BCUT2D eigenvalue weighted by Gasteiger charge is 2.29. The molecule has 0 amide bonds. The van der Waals surface area contributed by atoms with E-state index in [4.69, 9.17) is 9.26 Å². The highest BCUT2D eigenvalue weighted by atomic mass is 16.5. The van der Waals surface area contributed by atoms with Gasteiger partial charge in [-0.2, -0.15) is 0 Å². The van der Waals surface area contributed by atoms with Gasteiger partial charge in [-0.15, -0.1) is 0 Å². The lowest BCUT2D eigenvalue weighted by Gasteiger charge is -2.23. The van der Waals surface area contributed by atoms with Gasteiger partial charge in [-0.05, 0) is 38.8 Å². The zero-order valence-corrected chi connectivity index (χ0v) is 13.4. The molecule has 1 unspecified atom stereocenters. The predicted octanol–water partition coefficient (Wildman–Crippen LogP) is 3.97. The number of aromatic nitrogens is 1. The molecule has 1 aromatic carbocycles. The number of aryl methyl sites for hydroxylation is 1. The number of benzene rings is 1. The molecule has 1 aliphatic rings. The second-order valence-corrected chi connectivity index (χ2v) is 5.74. The zero-order valence-electron chi connectivity index (χ0n) is 13.4. The molecule has 1 saturated heterocycles. The molecule has 1 aromatic heterocycles. The molecule has 1 aliphatic heterocycles. The Morgan fingerprint density at radius 2 is 2.18 bits per heavy atom. The normalized spacial score (nSPS) is 18.7. The highest BCUT2D eigenvalue weighted by molar-refractivity contribution is 5.33. The maximum atomic E-state index is 5.75. The molecule has 2 aromatic rings. The van der Waals surface area contributed by atoms with Crippen molar-refractivity contribution >= 4 is 0 Å². The lowest BCUT2D eigenvalue weighted by Crippen LogP contribution is -2.22. The highest BCUT2D eigenvalue weighted by Crippen LogP contribution is 2.34. The van der Waals surface area contributed by atoms with Gasteiger partial charge in [-0.25, -0.2) is 0 Å². The number of para-hydroxylation sites is 1. The van der Waals surface area contributed by atoms with Gasteiger partial charge in [-0.3, -0.25) is 4.90 Å². The average molecular weight is 300 g/mol. The fourth-order valence-electron chi connectivity index (χ4n) is 3.14. The summed E-state index contributed by atoms with van der Waals surface area (Å²) in [6, 6.07) is 10.7. The smallest absolute Gasteiger partial charge is 0.154 e. The molecule has 0 radical (unpaired) electrons. The van der Waals surface area contributed by atoms with Crippen LogP contribution < -0.4 is 4.74 Å². The summed E-state index contributed by atoms with van der Waals surface area (Å²) >= 11 is 0. The molecular weight excluding hydrogens is 276 g/mol. The molecule has 0 aliphatic carbocycles. The Labute approximate surface area is 132 Å². The molecule has 22 heavy (non-hydrogen) atoms. The first-order valence-corrected chi connectivity index (χ1v) is 8.22. The van der Waals surface area contributed by atoms with Crippen LogP contribution in [0.25, 0.3) is 0 Å². The third-order valence-electron chi connectivity index (χ3n) is 4.28. The van der Waals surface area contributed by atoms with E-state index in [0.29, 0.717) is 12.6 Å². The van der Waals surface area contributed by atoms with E-state index in [1.54, 1.807) is 0 Å². The molecular formula is C18H24N2O2. The van der Waals surface area contributed by atoms with Gasteiger partial charge in [0.1, 0.15) is 5.75 Å². The van der Waals surface area contributed by atoms with E-state index in [1.165, 1.54) is 12.0 Å². The van der Waals surface area contributed by atoms with Crippen LogP contribution in [-0.2, 0) is 13.0 Å². The second-order valence-electron chi connectivity index (χ2n) is 5.74. The molecule has 0 saturated carbocycles. The summed E-state index contributed by atoms with van der Waals surface area (Å²) in [5, 5.41) is 4.14. The van der Waals surface area contributed by atoms with Gasteiger partial charge in [0.25, 0.3) is 0 Å². The standard InChI is InChI=1S/C18H24N2O2/c1-3-15-12-18(22-19-15)16-9-7-11-20(16)13-14-8-5-6-10-17(14)21-4-2/h5-6,8,10,12,16H,3-4,7,9,11,13H2,1-2H3. The Balaban J connectivity index is 1.76. The Morgan fingerprint density at radius 1 is 1.32 bits per heavy atom. The maximum absolute atomic E-state index is 5.75. The van der Waals surface area contributed by atoms with Crippen molar-refractivity contribution in [3.8, 4) is 5.75 Å². The summed E-state index contributed by atoms with van der Waals surface area (Å²) in [5.41, 5.74) is 2.28. The molecule has 0 N–H and O–H groups in total. The number of hydrogen-bond acceptors (Lipinski definition) is 4. The summed E-state index contributed by atoms with van der Waals surface area (Å²) in [6.45, 7) is 6.81. The van der Waals surface area contributed by atoms with Gasteiger partial charge in [0, 0.05) is 18.2 Å². The van der Waals surface area contributed by atoms with E-state index in [9.17, 15) is 0 Å². The zero-order chi connectivity index (χ0) is 15.4. The summed E-state index contributed by atoms with van der Waals surface area (Å²) < 4.78 is 11.3. The minimum absolute atomic E-state index is 0.336. The van der Waals surface area contributed by atoms with Crippen molar-refractivity contribution < 1.29 is 9.26 Å². The van der Waals surface area contributed by atoms with Crippen LogP contribution in [0.2, 0.25) is 0 Å². The number of hydrogen-bond donors (Lipinski definition) is 0. The first-order chi connectivity index (χ1) is 10.8. The molecule has 1 atom stereocenters. The average Bonchev–Trinajstić information content (AvgIpc) is 3.18. The molecule has 2 heterocycles. The summed E-state index contributed by atoms with van der Waals surface area (Å²) in [5.74, 6) is 1.99. The third-order valence-corrected chi connectivity index (χ3v) is 4.28. The van der Waals surface area contributed by atoms with Crippen molar-refractivity contribution in [2.45, 2.75) is 45.7 Å². The van der Waals surface area contributed by atoms with Crippen LogP contribution in [0, 0.1) is 0 Å². The predicted molar refractivity (Wildman–Crippen MR) is 85.9 cm³/mol. The van der Waals surface area contributed by atoms with Gasteiger partial charge in [0.15, 0.2) is 5.76 Å². The van der Waals surface area contributed by atoms with Crippen LogP contribution in [0.15, 0.2) is 34.9 Å². The van der Waals surface area contributed by atoms with Crippen LogP contribution in [0.5, 0.6) is 5.75 Å². The van der Waals surface area contributed by atoms with Gasteiger partial charge < -0.3 is 9.26 Å². The lowest BCUT2D eigenvalue weighted by atomic mass is 10.1. The van der Waals surface area contributed by atoms with Crippen LogP contribution in [0.3, 0.4) is 0 Å². The summed E-state index contributed by atoms with van der Waals surface area (Å²) in [4.78, 5) is 2.47. The van der Waals surface area contributed by atoms with Gasteiger partial charge in [0.05, 0.1) is 18.3 Å². The van der Waals surface area contributed by atoms with E-state index >= 15 is 0 Å². The first kappa shape index (κ1) is 15.1. The Bertz CT molecular complexity index is 609.